The molecule has 1 unspecified atom stereocenters. The maximum absolute atomic E-state index is 13.8. The van der Waals surface area contributed by atoms with Gasteiger partial charge in [0.15, 0.2) is 0 Å². The van der Waals surface area contributed by atoms with Crippen LogP contribution in [0.2, 0.25) is 0 Å². The van der Waals surface area contributed by atoms with Crippen molar-refractivity contribution in [2.45, 2.75) is 25.7 Å². The van der Waals surface area contributed by atoms with Crippen molar-refractivity contribution in [3.05, 3.63) is 29.6 Å². The Morgan fingerprint density at radius 2 is 1.92 bits per heavy atom. The summed E-state index contributed by atoms with van der Waals surface area (Å²) in [6, 6.07) is 3.26. The van der Waals surface area contributed by atoms with E-state index in [2.05, 4.69) is 5.32 Å². The minimum absolute atomic E-state index is 0.0964. The quantitative estimate of drug-likeness (QED) is 0.883. The lowest BCUT2D eigenvalue weighted by atomic mass is 9.96. The van der Waals surface area contributed by atoms with Crippen molar-refractivity contribution in [1.82, 2.24) is 4.90 Å². The smallest absolute Gasteiger partial charge is 0.335 e. The second-order valence-corrected chi connectivity index (χ2v) is 6.39. The molecule has 2 N–H and O–H groups in total. The van der Waals surface area contributed by atoms with Gasteiger partial charge in [-0.1, -0.05) is 0 Å². The summed E-state index contributed by atoms with van der Waals surface area (Å²) in [6.07, 6.45) is 3.19. The Hall–Kier alpha value is -2.44. The fraction of sp³-hybridized carbons (Fsp3) is 0.471. The molecule has 1 atom stereocenters. The monoisotopic (exact) mass is 334 g/mol. The number of rotatable bonds is 4. The maximum Gasteiger partial charge on any atom is 0.335 e. The number of nitrogens with one attached hydrogen (secondary N) is 1. The van der Waals surface area contributed by atoms with E-state index in [1.807, 2.05) is 0 Å². The molecule has 0 aromatic heterocycles. The largest absolute Gasteiger partial charge is 0.478 e. The standard InChI is InChI=1S/C17H19FN2O4/c18-13-6-5-11(17(23)24)8-14(13)19-15(21)12-2-1-7-20(9-12)16(22)10-3-4-10/h5-6,8,10,12H,1-4,7,9H2,(H,19,21)(H,23,24). The lowest BCUT2D eigenvalue weighted by molar-refractivity contribution is -0.135. The Bertz CT molecular complexity index is 687. The van der Waals surface area contributed by atoms with Crippen LogP contribution in [-0.2, 0) is 9.59 Å². The summed E-state index contributed by atoms with van der Waals surface area (Å²) in [7, 11) is 0. The van der Waals surface area contributed by atoms with Gasteiger partial charge in [-0.2, -0.15) is 0 Å². The lowest BCUT2D eigenvalue weighted by Gasteiger charge is -2.32. The van der Waals surface area contributed by atoms with Crippen LogP contribution >= 0.6 is 0 Å². The Morgan fingerprint density at radius 1 is 1.17 bits per heavy atom. The van der Waals surface area contributed by atoms with Gasteiger partial charge in [0.05, 0.1) is 17.2 Å². The molecule has 7 heteroatoms. The molecule has 2 amide bonds. The van der Waals surface area contributed by atoms with Crippen molar-refractivity contribution in [2.24, 2.45) is 11.8 Å². The van der Waals surface area contributed by atoms with Gasteiger partial charge < -0.3 is 15.3 Å². The van der Waals surface area contributed by atoms with Crippen molar-refractivity contribution in [3.8, 4) is 0 Å². The van der Waals surface area contributed by atoms with Gasteiger partial charge in [0.25, 0.3) is 0 Å². The van der Waals surface area contributed by atoms with Gasteiger partial charge >= 0.3 is 5.97 Å². The summed E-state index contributed by atoms with van der Waals surface area (Å²) in [5, 5.41) is 11.4. The van der Waals surface area contributed by atoms with Gasteiger partial charge in [0.1, 0.15) is 5.82 Å². The van der Waals surface area contributed by atoms with Crippen molar-refractivity contribution in [3.63, 3.8) is 0 Å². The number of carbonyl (C=O) groups excluding carboxylic acids is 2. The minimum Gasteiger partial charge on any atom is -0.478 e. The van der Waals surface area contributed by atoms with E-state index in [1.165, 1.54) is 0 Å². The molecular formula is C17H19FN2O4. The van der Waals surface area contributed by atoms with Crippen molar-refractivity contribution in [2.75, 3.05) is 18.4 Å². The molecule has 128 valence electrons. The molecule has 1 heterocycles. The SMILES string of the molecule is O=C(O)c1ccc(F)c(NC(=O)C2CCCN(C(=O)C3CC3)C2)c1. The highest BCUT2D eigenvalue weighted by atomic mass is 19.1. The van der Waals surface area contributed by atoms with Crippen molar-refractivity contribution in [1.29, 1.82) is 0 Å². The number of halogens is 1. The number of benzene rings is 1. The predicted octanol–water partition coefficient (Wildman–Crippen LogP) is 2.11. The van der Waals surface area contributed by atoms with Crippen LogP contribution < -0.4 is 5.32 Å². The van der Waals surface area contributed by atoms with Crippen LogP contribution in [0.25, 0.3) is 0 Å². The molecule has 0 spiro atoms. The van der Waals surface area contributed by atoms with E-state index in [1.54, 1.807) is 4.90 Å². The van der Waals surface area contributed by atoms with E-state index in [0.29, 0.717) is 19.5 Å². The van der Waals surface area contributed by atoms with Gasteiger partial charge in [-0.25, -0.2) is 9.18 Å². The van der Waals surface area contributed by atoms with Crippen LogP contribution in [0.5, 0.6) is 0 Å². The highest BCUT2D eigenvalue weighted by Gasteiger charge is 2.36. The Labute approximate surface area is 138 Å². The Kier molecular flexibility index (Phi) is 4.51. The predicted molar refractivity (Wildman–Crippen MR) is 84.0 cm³/mol. The lowest BCUT2D eigenvalue weighted by Crippen LogP contribution is -2.44. The van der Waals surface area contributed by atoms with Crippen LogP contribution in [0.3, 0.4) is 0 Å². The summed E-state index contributed by atoms with van der Waals surface area (Å²) in [5.74, 6) is -2.46. The molecule has 1 saturated heterocycles. The van der Waals surface area contributed by atoms with E-state index in [9.17, 15) is 18.8 Å². The zero-order valence-corrected chi connectivity index (χ0v) is 13.1. The number of hydrogen-bond acceptors (Lipinski definition) is 3. The van der Waals surface area contributed by atoms with Gasteiger partial charge in [-0.05, 0) is 43.9 Å². The number of hydrogen-bond donors (Lipinski definition) is 2. The second-order valence-electron chi connectivity index (χ2n) is 6.39. The molecule has 24 heavy (non-hydrogen) atoms. The van der Waals surface area contributed by atoms with Crippen LogP contribution in [0.15, 0.2) is 18.2 Å². The topological polar surface area (TPSA) is 86.7 Å². The normalized spacial score (nSPS) is 20.5. The first kappa shape index (κ1) is 16.4. The van der Waals surface area contributed by atoms with E-state index in [-0.39, 0.29) is 29.0 Å². The van der Waals surface area contributed by atoms with Crippen LogP contribution in [0.4, 0.5) is 10.1 Å². The van der Waals surface area contributed by atoms with Gasteiger partial charge in [0, 0.05) is 19.0 Å². The summed E-state index contributed by atoms with van der Waals surface area (Å²) in [6.45, 7) is 0.989. The number of anilines is 1. The molecule has 1 aromatic carbocycles. The van der Waals surface area contributed by atoms with Gasteiger partial charge in [-0.15, -0.1) is 0 Å². The number of aromatic carboxylic acids is 1. The molecule has 2 aliphatic rings. The fourth-order valence-electron chi connectivity index (χ4n) is 2.97. The first-order valence-corrected chi connectivity index (χ1v) is 8.08. The Morgan fingerprint density at radius 3 is 2.58 bits per heavy atom. The number of carboxylic acids is 1. The summed E-state index contributed by atoms with van der Waals surface area (Å²) in [5.41, 5.74) is -0.244. The molecule has 0 bridgehead atoms. The van der Waals surface area contributed by atoms with Crippen LogP contribution in [-0.4, -0.2) is 40.9 Å². The maximum atomic E-state index is 13.8. The second kappa shape index (κ2) is 6.59. The van der Waals surface area contributed by atoms with Gasteiger partial charge in [-0.3, -0.25) is 9.59 Å². The van der Waals surface area contributed by atoms with Crippen LogP contribution in [0, 0.1) is 17.7 Å². The molecule has 6 nitrogen and oxygen atoms in total. The first-order chi connectivity index (χ1) is 11.5. The third-order valence-electron chi connectivity index (χ3n) is 4.50. The number of nitrogens with zero attached hydrogens (tertiary/aromatic N) is 1. The molecule has 2 fully saturated rings. The third kappa shape index (κ3) is 3.55. The minimum atomic E-state index is -1.19. The fourth-order valence-corrected chi connectivity index (χ4v) is 2.97. The molecule has 1 saturated carbocycles. The summed E-state index contributed by atoms with van der Waals surface area (Å²) < 4.78 is 13.8. The average molecular weight is 334 g/mol. The van der Waals surface area contributed by atoms with E-state index in [4.69, 9.17) is 5.11 Å². The summed E-state index contributed by atoms with van der Waals surface area (Å²) in [4.78, 5) is 37.2. The molecule has 1 aliphatic carbocycles. The number of carbonyl (C=O) groups is 3. The van der Waals surface area contributed by atoms with Gasteiger partial charge in [0.2, 0.25) is 11.8 Å². The third-order valence-corrected chi connectivity index (χ3v) is 4.50. The number of piperidine rings is 1. The summed E-state index contributed by atoms with van der Waals surface area (Å²) >= 11 is 0. The Balaban J connectivity index is 1.67. The molecular weight excluding hydrogens is 315 g/mol. The molecule has 1 aromatic rings. The van der Waals surface area contributed by atoms with Crippen LogP contribution in [0.1, 0.15) is 36.0 Å². The van der Waals surface area contributed by atoms with Crippen molar-refractivity contribution >= 4 is 23.5 Å². The highest BCUT2D eigenvalue weighted by Crippen LogP contribution is 2.32. The zero-order chi connectivity index (χ0) is 17.3. The van der Waals surface area contributed by atoms with E-state index < -0.39 is 17.7 Å². The molecule has 0 radical (unpaired) electrons. The van der Waals surface area contributed by atoms with E-state index in [0.717, 1.165) is 37.5 Å². The number of likely N-dealkylation sites (tertiary alicyclic amines) is 1. The molecule has 3 rings (SSSR count). The number of carboxylic acid groups (broad SMARTS) is 1. The average Bonchev–Trinajstić information content (AvgIpc) is 3.41. The highest BCUT2D eigenvalue weighted by molar-refractivity contribution is 5.95. The van der Waals surface area contributed by atoms with Crippen molar-refractivity contribution < 1.29 is 23.9 Å². The first-order valence-electron chi connectivity index (χ1n) is 8.08. The zero-order valence-electron chi connectivity index (χ0n) is 13.1. The molecule has 1 aliphatic heterocycles. The van der Waals surface area contributed by atoms with E-state index >= 15 is 0 Å². The number of amides is 2.